The monoisotopic (exact) mass is 258 g/mol. The third-order valence-electron chi connectivity index (χ3n) is 2.90. The summed E-state index contributed by atoms with van der Waals surface area (Å²) in [4.78, 5) is 7.14. The number of rotatable bonds is 4. The van der Waals surface area contributed by atoms with Crippen LogP contribution in [0.1, 0.15) is 25.3 Å². The zero-order chi connectivity index (χ0) is 13.2. The molecule has 0 aliphatic heterocycles. The molecule has 0 unspecified atom stereocenters. The average Bonchev–Trinajstić information content (AvgIpc) is 2.48. The standard InChI is InChI=1S/C16H18.H4OSi/c1-2-3-9-14-12-7-8-13-16(14)15-10-5-4-6-11-15;1-2/h4-8,10-13H,2-3,9H2,1H3;1H,2H3. The summed E-state index contributed by atoms with van der Waals surface area (Å²) in [5.41, 5.74) is 4.18. The lowest BCUT2D eigenvalue weighted by Gasteiger charge is -2.08. The zero-order valence-corrected chi connectivity index (χ0v) is 13.3. The second-order valence-electron chi connectivity index (χ2n) is 4.13. The molecular formula is C16H22OSi. The molecule has 2 rings (SSSR count). The lowest BCUT2D eigenvalue weighted by Crippen LogP contribution is -1.89. The van der Waals surface area contributed by atoms with E-state index < -0.39 is 0 Å². The van der Waals surface area contributed by atoms with E-state index in [-0.39, 0.29) is 0 Å². The SMILES string of the molecule is CCCCc1ccccc1-c1ccccc1.O[SiH3]. The van der Waals surface area contributed by atoms with Crippen LogP contribution in [0.3, 0.4) is 0 Å². The minimum atomic E-state index is 0.306. The van der Waals surface area contributed by atoms with E-state index in [0.29, 0.717) is 10.5 Å². The molecule has 0 atom stereocenters. The van der Waals surface area contributed by atoms with E-state index in [9.17, 15) is 0 Å². The molecule has 2 heteroatoms. The van der Waals surface area contributed by atoms with Crippen LogP contribution in [-0.4, -0.2) is 15.3 Å². The fourth-order valence-electron chi connectivity index (χ4n) is 2.00. The Labute approximate surface area is 113 Å². The molecule has 0 amide bonds. The first-order chi connectivity index (χ1) is 8.92. The highest BCUT2D eigenvalue weighted by molar-refractivity contribution is 5.95. The van der Waals surface area contributed by atoms with Gasteiger partial charge < -0.3 is 4.80 Å². The Kier molecular flexibility index (Phi) is 7.07. The van der Waals surface area contributed by atoms with Crippen molar-refractivity contribution in [1.29, 1.82) is 0 Å². The van der Waals surface area contributed by atoms with Gasteiger partial charge in [-0.1, -0.05) is 67.9 Å². The van der Waals surface area contributed by atoms with Crippen molar-refractivity contribution >= 4 is 10.5 Å². The Hall–Kier alpha value is -1.38. The molecule has 0 spiro atoms. The molecule has 0 bridgehead atoms. The van der Waals surface area contributed by atoms with Gasteiger partial charge in [-0.05, 0) is 29.5 Å². The van der Waals surface area contributed by atoms with Gasteiger partial charge in [-0.15, -0.1) is 0 Å². The Morgan fingerprint density at radius 2 is 1.50 bits per heavy atom. The van der Waals surface area contributed by atoms with Gasteiger partial charge in [-0.25, -0.2) is 0 Å². The quantitative estimate of drug-likeness (QED) is 0.836. The highest BCUT2D eigenvalue weighted by Gasteiger charge is 2.02. The molecule has 1 N–H and O–H groups in total. The van der Waals surface area contributed by atoms with E-state index in [1.807, 2.05) is 0 Å². The molecule has 0 aliphatic carbocycles. The van der Waals surface area contributed by atoms with Gasteiger partial charge >= 0.3 is 0 Å². The van der Waals surface area contributed by atoms with Crippen molar-refractivity contribution in [2.75, 3.05) is 0 Å². The van der Waals surface area contributed by atoms with E-state index in [2.05, 4.69) is 61.5 Å². The summed E-state index contributed by atoms with van der Waals surface area (Å²) in [6.45, 7) is 2.24. The van der Waals surface area contributed by atoms with Crippen LogP contribution < -0.4 is 0 Å². The molecule has 2 aromatic rings. The summed E-state index contributed by atoms with van der Waals surface area (Å²) in [6, 6.07) is 19.4. The smallest absolute Gasteiger partial charge is 0.141 e. The number of unbranched alkanes of at least 4 members (excludes halogenated alkanes) is 1. The van der Waals surface area contributed by atoms with Crippen molar-refractivity contribution in [3.63, 3.8) is 0 Å². The van der Waals surface area contributed by atoms with Crippen molar-refractivity contribution < 1.29 is 4.80 Å². The van der Waals surface area contributed by atoms with Crippen LogP contribution in [0, 0.1) is 0 Å². The van der Waals surface area contributed by atoms with E-state index in [0.717, 1.165) is 0 Å². The molecular weight excluding hydrogens is 236 g/mol. The number of hydrogen-bond donors (Lipinski definition) is 1. The van der Waals surface area contributed by atoms with E-state index >= 15 is 0 Å². The van der Waals surface area contributed by atoms with E-state index in [4.69, 9.17) is 4.80 Å². The Morgan fingerprint density at radius 1 is 0.889 bits per heavy atom. The first-order valence-electron chi connectivity index (χ1n) is 6.50. The number of hydrogen-bond acceptors (Lipinski definition) is 1. The summed E-state index contributed by atoms with van der Waals surface area (Å²) in [7, 11) is 0.306. The fraction of sp³-hybridized carbons (Fsp3) is 0.250. The number of aryl methyl sites for hydroxylation is 1. The second kappa shape index (κ2) is 8.67. The Morgan fingerprint density at radius 3 is 2.17 bits per heavy atom. The summed E-state index contributed by atoms with van der Waals surface area (Å²) < 4.78 is 0. The largest absolute Gasteiger partial charge is 0.442 e. The highest BCUT2D eigenvalue weighted by Crippen LogP contribution is 2.24. The van der Waals surface area contributed by atoms with Crippen LogP contribution in [0.15, 0.2) is 54.6 Å². The van der Waals surface area contributed by atoms with Gasteiger partial charge in [0, 0.05) is 0 Å². The van der Waals surface area contributed by atoms with Gasteiger partial charge in [-0.3, -0.25) is 0 Å². The zero-order valence-electron chi connectivity index (χ0n) is 11.3. The van der Waals surface area contributed by atoms with E-state index in [1.165, 1.54) is 36.0 Å². The molecule has 0 aromatic heterocycles. The molecule has 0 fully saturated rings. The van der Waals surface area contributed by atoms with Gasteiger partial charge in [0.05, 0.1) is 0 Å². The van der Waals surface area contributed by atoms with Crippen molar-refractivity contribution in [3.8, 4) is 11.1 Å². The average molecular weight is 258 g/mol. The van der Waals surface area contributed by atoms with Gasteiger partial charge in [0.1, 0.15) is 10.5 Å². The van der Waals surface area contributed by atoms with Crippen LogP contribution in [0.25, 0.3) is 11.1 Å². The van der Waals surface area contributed by atoms with Crippen molar-refractivity contribution in [2.24, 2.45) is 0 Å². The lowest BCUT2D eigenvalue weighted by atomic mass is 9.96. The molecule has 1 nitrogen and oxygen atoms in total. The van der Waals surface area contributed by atoms with Crippen LogP contribution in [0.4, 0.5) is 0 Å². The van der Waals surface area contributed by atoms with E-state index in [1.54, 1.807) is 0 Å². The van der Waals surface area contributed by atoms with Crippen LogP contribution in [-0.2, 0) is 6.42 Å². The number of benzene rings is 2. The van der Waals surface area contributed by atoms with Crippen LogP contribution in [0.5, 0.6) is 0 Å². The maximum Gasteiger partial charge on any atom is 0.141 e. The third kappa shape index (κ3) is 4.13. The minimum absolute atomic E-state index is 0.306. The van der Waals surface area contributed by atoms with Gasteiger partial charge in [-0.2, -0.15) is 0 Å². The maximum atomic E-state index is 7.14. The molecule has 0 saturated carbocycles. The predicted molar refractivity (Wildman–Crippen MR) is 82.6 cm³/mol. The predicted octanol–water partition coefficient (Wildman–Crippen LogP) is 2.96. The van der Waals surface area contributed by atoms with Gasteiger partial charge in [0.15, 0.2) is 0 Å². The lowest BCUT2D eigenvalue weighted by molar-refractivity contribution is 0.629. The Balaban J connectivity index is 0.000000771. The van der Waals surface area contributed by atoms with Crippen molar-refractivity contribution in [1.82, 2.24) is 0 Å². The molecule has 0 aliphatic rings. The summed E-state index contributed by atoms with van der Waals surface area (Å²) in [5, 5.41) is 0. The van der Waals surface area contributed by atoms with Gasteiger partial charge in [0.2, 0.25) is 0 Å². The molecule has 0 saturated heterocycles. The van der Waals surface area contributed by atoms with Crippen molar-refractivity contribution in [3.05, 3.63) is 60.2 Å². The van der Waals surface area contributed by atoms with Crippen LogP contribution >= 0.6 is 0 Å². The molecule has 18 heavy (non-hydrogen) atoms. The topological polar surface area (TPSA) is 20.2 Å². The summed E-state index contributed by atoms with van der Waals surface area (Å²) >= 11 is 0. The Bertz CT molecular complexity index is 440. The summed E-state index contributed by atoms with van der Waals surface area (Å²) in [6.07, 6.45) is 3.70. The third-order valence-corrected chi connectivity index (χ3v) is 2.90. The van der Waals surface area contributed by atoms with Crippen LogP contribution in [0.2, 0.25) is 0 Å². The second-order valence-corrected chi connectivity index (χ2v) is 4.13. The fourth-order valence-corrected chi connectivity index (χ4v) is 2.00. The molecule has 96 valence electrons. The first-order valence-corrected chi connectivity index (χ1v) is 7.39. The molecule has 0 radical (unpaired) electrons. The first kappa shape index (κ1) is 14.7. The molecule has 0 heterocycles. The highest BCUT2D eigenvalue weighted by atomic mass is 28.2. The summed E-state index contributed by atoms with van der Waals surface area (Å²) in [5.74, 6) is 0. The van der Waals surface area contributed by atoms with Crippen molar-refractivity contribution in [2.45, 2.75) is 26.2 Å². The normalized spacial score (nSPS) is 9.67. The minimum Gasteiger partial charge on any atom is -0.442 e. The van der Waals surface area contributed by atoms with Gasteiger partial charge in [0.25, 0.3) is 0 Å². The maximum absolute atomic E-state index is 7.14. The molecule has 2 aromatic carbocycles.